The van der Waals surface area contributed by atoms with Crippen LogP contribution < -0.4 is 0 Å². The first-order valence-electron chi connectivity index (χ1n) is 11.4. The van der Waals surface area contributed by atoms with Crippen LogP contribution in [0.2, 0.25) is 0 Å². The second-order valence-corrected chi connectivity index (χ2v) is 8.67. The van der Waals surface area contributed by atoms with E-state index in [2.05, 4.69) is 6.92 Å². The van der Waals surface area contributed by atoms with Gasteiger partial charge in [-0.15, -0.1) is 0 Å². The molecule has 33 heavy (non-hydrogen) atoms. The summed E-state index contributed by atoms with van der Waals surface area (Å²) < 4.78 is 31.6. The van der Waals surface area contributed by atoms with Crippen LogP contribution >= 0.6 is 0 Å². The summed E-state index contributed by atoms with van der Waals surface area (Å²) in [6.07, 6.45) is 18.9. The molecule has 0 bridgehead atoms. The minimum atomic E-state index is -4.67. The van der Waals surface area contributed by atoms with E-state index in [4.69, 9.17) is 27.7 Å². The molecule has 0 amide bonds. The fourth-order valence-electron chi connectivity index (χ4n) is 3.18. The van der Waals surface area contributed by atoms with Crippen molar-refractivity contribution in [1.82, 2.24) is 0 Å². The van der Waals surface area contributed by atoms with Crippen molar-refractivity contribution in [3.05, 3.63) is 11.6 Å². The van der Waals surface area contributed by atoms with E-state index in [0.717, 1.165) is 19.3 Å². The van der Waals surface area contributed by atoms with E-state index in [1.54, 1.807) is 0 Å². The molecule has 9 nitrogen and oxygen atoms in total. The average Bonchev–Trinajstić information content (AvgIpc) is 2.67. The Kier molecular flexibility index (Phi) is 27.1. The molecule has 0 rings (SSSR count). The molecule has 0 aliphatic rings. The van der Waals surface area contributed by atoms with Crippen LogP contribution in [-0.2, 0) is 24.8 Å². The molecule has 0 fully saturated rings. The van der Waals surface area contributed by atoms with Gasteiger partial charge in [-0.1, -0.05) is 96.8 Å². The van der Waals surface area contributed by atoms with Crippen molar-refractivity contribution in [3.8, 4) is 0 Å². The summed E-state index contributed by atoms with van der Waals surface area (Å²) in [5, 5.41) is 17.5. The molecule has 0 atom stereocenters. The van der Waals surface area contributed by atoms with Gasteiger partial charge in [0.2, 0.25) is 0 Å². The topological polar surface area (TPSA) is 166 Å². The maximum absolute atomic E-state index is 11.7. The number of carbonyl (C=O) groups is 3. The van der Waals surface area contributed by atoms with Gasteiger partial charge in [0.15, 0.2) is 5.78 Å². The number of hydrogen-bond acceptors (Lipinski definition) is 5. The molecule has 0 aromatic carbocycles. The number of carboxylic acids is 2. The number of unbranched alkanes of at least 4 members (excludes halogenated alkanes) is 14. The van der Waals surface area contributed by atoms with Gasteiger partial charge in [0.1, 0.15) is 5.57 Å². The van der Waals surface area contributed by atoms with Crippen LogP contribution in [0.1, 0.15) is 110 Å². The Morgan fingerprint density at radius 2 is 0.970 bits per heavy atom. The van der Waals surface area contributed by atoms with Crippen LogP contribution in [-0.4, -0.2) is 75.0 Å². The first kappa shape index (κ1) is 36.8. The van der Waals surface area contributed by atoms with E-state index in [-0.39, 0.29) is 36.0 Å². The van der Waals surface area contributed by atoms with Gasteiger partial charge in [0.05, 0.1) is 0 Å². The molecule has 0 spiro atoms. The predicted molar refractivity (Wildman–Crippen MR) is 129 cm³/mol. The first-order valence-corrected chi connectivity index (χ1v) is 12.8. The Balaban J connectivity index is -0.00000134. The number of Topliss-reactive ketones (excluding diaryl/α,β-unsaturated/α-hetero) is 1. The summed E-state index contributed by atoms with van der Waals surface area (Å²) in [6, 6.07) is 0. The molecule has 11 heteroatoms. The van der Waals surface area contributed by atoms with Crippen molar-refractivity contribution in [2.75, 3.05) is 0 Å². The van der Waals surface area contributed by atoms with Gasteiger partial charge in [-0.25, -0.2) is 9.59 Å². The van der Waals surface area contributed by atoms with Gasteiger partial charge in [-0.05, 0) is 6.42 Å². The molecule has 0 aliphatic heterocycles. The van der Waals surface area contributed by atoms with E-state index in [0.29, 0.717) is 12.5 Å². The number of carboxylic acid groups (broad SMARTS) is 2. The third-order valence-electron chi connectivity index (χ3n) is 4.81. The Bertz CT molecular complexity index is 653. The SMILES string of the molecule is CCCCCCCCCCCCCCCCCC(=O)/C(=C\C(=O)O)C(=O)O.O=S(=O)(O)O.[NaH]. The number of hydrogen-bond donors (Lipinski definition) is 4. The molecule has 0 radical (unpaired) electrons. The first-order chi connectivity index (χ1) is 15.0. The number of carbonyl (C=O) groups excluding carboxylic acids is 1. The van der Waals surface area contributed by atoms with Crippen molar-refractivity contribution in [2.24, 2.45) is 0 Å². The number of aliphatic carboxylic acids is 2. The summed E-state index contributed by atoms with van der Waals surface area (Å²) in [7, 11) is -4.67. The fraction of sp³-hybridized carbons (Fsp3) is 0.773. The van der Waals surface area contributed by atoms with Crippen LogP contribution in [0.15, 0.2) is 11.6 Å². The molecule has 0 saturated heterocycles. The second kappa shape index (κ2) is 24.3. The molecule has 0 heterocycles. The average molecular weight is 505 g/mol. The number of rotatable bonds is 19. The zero-order chi connectivity index (χ0) is 24.8. The Labute approximate surface area is 220 Å². The van der Waals surface area contributed by atoms with E-state index in [1.165, 1.54) is 70.6 Å². The molecule has 190 valence electrons. The van der Waals surface area contributed by atoms with Gasteiger partial charge >= 0.3 is 51.9 Å². The third-order valence-corrected chi connectivity index (χ3v) is 4.81. The summed E-state index contributed by atoms with van der Waals surface area (Å²) in [6.45, 7) is 2.24. The van der Waals surface area contributed by atoms with Gasteiger partial charge in [-0.3, -0.25) is 13.9 Å². The Morgan fingerprint density at radius 1 is 0.667 bits per heavy atom. The van der Waals surface area contributed by atoms with Gasteiger partial charge < -0.3 is 10.2 Å². The van der Waals surface area contributed by atoms with Gasteiger partial charge in [0.25, 0.3) is 0 Å². The molecule has 0 aromatic heterocycles. The van der Waals surface area contributed by atoms with Crippen LogP contribution in [0.25, 0.3) is 0 Å². The molecular weight excluding hydrogens is 463 g/mol. The molecular formula is C22H41NaO9S. The van der Waals surface area contributed by atoms with Crippen molar-refractivity contribution in [3.63, 3.8) is 0 Å². The summed E-state index contributed by atoms with van der Waals surface area (Å²) in [5.74, 6) is -3.47. The molecule has 0 aliphatic carbocycles. The van der Waals surface area contributed by atoms with Crippen LogP contribution in [0.3, 0.4) is 0 Å². The van der Waals surface area contributed by atoms with Crippen LogP contribution in [0.5, 0.6) is 0 Å². The molecule has 4 N–H and O–H groups in total. The number of ketones is 1. The van der Waals surface area contributed by atoms with Crippen LogP contribution in [0.4, 0.5) is 0 Å². The maximum atomic E-state index is 11.7. The summed E-state index contributed by atoms with van der Waals surface area (Å²) >= 11 is 0. The summed E-state index contributed by atoms with van der Waals surface area (Å²) in [4.78, 5) is 33.2. The fourth-order valence-corrected chi connectivity index (χ4v) is 3.18. The van der Waals surface area contributed by atoms with Crippen molar-refractivity contribution < 1.29 is 42.1 Å². The van der Waals surface area contributed by atoms with E-state index < -0.39 is 33.7 Å². The van der Waals surface area contributed by atoms with Crippen molar-refractivity contribution in [1.29, 1.82) is 0 Å². The van der Waals surface area contributed by atoms with Crippen molar-refractivity contribution in [2.45, 2.75) is 110 Å². The standard InChI is InChI=1S/C22H38O5.Na.H2O4S.H/c1-2-3-4-5-6-7-8-9-10-11-12-13-14-15-16-17-20(23)19(22(26)27)18-21(24)25;;1-5(2,3)4;/h18H,2-17H2,1H3,(H,24,25)(H,26,27);;(H2,1,2,3,4);/b19-18+;;;. The molecule has 0 aromatic rings. The molecule has 0 saturated carbocycles. The van der Waals surface area contributed by atoms with Gasteiger partial charge in [-0.2, -0.15) is 8.42 Å². The van der Waals surface area contributed by atoms with Crippen LogP contribution in [0, 0.1) is 0 Å². The van der Waals surface area contributed by atoms with E-state index in [1.807, 2.05) is 0 Å². The summed E-state index contributed by atoms with van der Waals surface area (Å²) in [5.41, 5.74) is -0.632. The van der Waals surface area contributed by atoms with E-state index in [9.17, 15) is 14.4 Å². The third kappa shape index (κ3) is 33.5. The van der Waals surface area contributed by atoms with E-state index >= 15 is 0 Å². The zero-order valence-corrected chi connectivity index (χ0v) is 19.9. The Morgan fingerprint density at radius 3 is 1.24 bits per heavy atom. The monoisotopic (exact) mass is 504 g/mol. The Hall–Kier alpha value is -0.780. The van der Waals surface area contributed by atoms with Crippen molar-refractivity contribution >= 4 is 57.7 Å². The quantitative estimate of drug-likeness (QED) is 0.0490. The predicted octanol–water partition coefficient (Wildman–Crippen LogP) is 4.61. The normalized spacial score (nSPS) is 11.2. The second-order valence-electron chi connectivity index (χ2n) is 7.77. The van der Waals surface area contributed by atoms with Gasteiger partial charge in [0, 0.05) is 12.5 Å². The molecule has 0 unspecified atom stereocenters. The zero-order valence-electron chi connectivity index (χ0n) is 19.1. The minimum absolute atomic E-state index is 0.